The highest BCUT2D eigenvalue weighted by Gasteiger charge is 2.20. The van der Waals surface area contributed by atoms with Crippen LogP contribution in [0.25, 0.3) is 21.8 Å². The number of rotatable bonds is 6. The van der Waals surface area contributed by atoms with Crippen molar-refractivity contribution in [3.8, 4) is 17.2 Å². The molecule has 0 saturated carbocycles. The number of nitrogens with zero attached hydrogens (tertiary/aromatic N) is 1. The molecule has 0 bridgehead atoms. The van der Waals surface area contributed by atoms with Crippen LogP contribution in [0.15, 0.2) is 91.0 Å². The molecule has 7 heteroatoms. The highest BCUT2D eigenvalue weighted by molar-refractivity contribution is 6.20. The molecule has 0 unspecified atom stereocenters. The third kappa shape index (κ3) is 3.91. The van der Waals surface area contributed by atoms with Gasteiger partial charge in [-0.3, -0.25) is 4.79 Å². The molecule has 1 aromatic heterocycles. The van der Waals surface area contributed by atoms with Gasteiger partial charge in [-0.05, 0) is 54.1 Å². The zero-order valence-corrected chi connectivity index (χ0v) is 18.0. The molecule has 5 aromatic rings. The molecular formula is C27H20N2O5. The van der Waals surface area contributed by atoms with Crippen LogP contribution in [-0.4, -0.2) is 21.7 Å². The SMILES string of the molecule is NC(=O)c1cccc2c1c1c(OC(=O)O)cccc1n2Cc1cccc(Oc2ccccc2)c1. The van der Waals surface area contributed by atoms with Crippen molar-refractivity contribution in [2.45, 2.75) is 6.54 Å². The summed E-state index contributed by atoms with van der Waals surface area (Å²) in [5.74, 6) is 0.965. The highest BCUT2D eigenvalue weighted by Crippen LogP contribution is 2.38. The van der Waals surface area contributed by atoms with Crippen LogP contribution in [0.3, 0.4) is 0 Å². The molecule has 7 nitrogen and oxygen atoms in total. The first-order chi connectivity index (χ1) is 16.5. The van der Waals surface area contributed by atoms with Crippen molar-refractivity contribution in [1.29, 1.82) is 0 Å². The van der Waals surface area contributed by atoms with Crippen LogP contribution in [0.2, 0.25) is 0 Å². The second-order valence-corrected chi connectivity index (χ2v) is 7.73. The Morgan fingerprint density at radius 2 is 1.47 bits per heavy atom. The van der Waals surface area contributed by atoms with Crippen LogP contribution >= 0.6 is 0 Å². The molecule has 0 spiro atoms. The lowest BCUT2D eigenvalue weighted by atomic mass is 10.1. The van der Waals surface area contributed by atoms with E-state index in [1.165, 1.54) is 0 Å². The Hall–Kier alpha value is -4.78. The average Bonchev–Trinajstić information content (AvgIpc) is 3.14. The summed E-state index contributed by atoms with van der Waals surface area (Å²) in [5.41, 5.74) is 8.37. The topological polar surface area (TPSA) is 104 Å². The first kappa shape index (κ1) is 21.1. The summed E-state index contributed by atoms with van der Waals surface area (Å²) in [5, 5.41) is 10.3. The van der Waals surface area contributed by atoms with E-state index in [1.807, 2.05) is 71.3 Å². The van der Waals surface area contributed by atoms with Crippen LogP contribution in [0.5, 0.6) is 17.2 Å². The molecule has 1 heterocycles. The molecule has 3 N–H and O–H groups in total. The third-order valence-electron chi connectivity index (χ3n) is 5.56. The molecule has 0 saturated heterocycles. The van der Waals surface area contributed by atoms with Gasteiger partial charge in [-0.25, -0.2) is 4.79 Å². The number of hydrogen-bond donors (Lipinski definition) is 2. The minimum Gasteiger partial charge on any atom is -0.457 e. The number of amides is 1. The summed E-state index contributed by atoms with van der Waals surface area (Å²) in [6.07, 6.45) is -1.43. The zero-order valence-electron chi connectivity index (χ0n) is 18.0. The number of fused-ring (bicyclic) bond motifs is 3. The van der Waals surface area contributed by atoms with Crippen LogP contribution in [0.1, 0.15) is 15.9 Å². The Labute approximate surface area is 194 Å². The second-order valence-electron chi connectivity index (χ2n) is 7.73. The van der Waals surface area contributed by atoms with Gasteiger partial charge < -0.3 is 24.9 Å². The first-order valence-corrected chi connectivity index (χ1v) is 10.6. The minimum absolute atomic E-state index is 0.142. The van der Waals surface area contributed by atoms with Gasteiger partial charge in [0.25, 0.3) is 0 Å². The first-order valence-electron chi connectivity index (χ1n) is 10.6. The maximum absolute atomic E-state index is 12.2. The monoisotopic (exact) mass is 452 g/mol. The maximum atomic E-state index is 12.2. The normalized spacial score (nSPS) is 10.9. The smallest absolute Gasteiger partial charge is 0.457 e. The maximum Gasteiger partial charge on any atom is 0.511 e. The van der Waals surface area contributed by atoms with Gasteiger partial charge in [0.05, 0.1) is 16.4 Å². The fourth-order valence-electron chi connectivity index (χ4n) is 4.22. The molecule has 0 fully saturated rings. The Kier molecular flexibility index (Phi) is 5.35. The third-order valence-corrected chi connectivity index (χ3v) is 5.56. The van der Waals surface area contributed by atoms with Gasteiger partial charge in [-0.2, -0.15) is 0 Å². The van der Waals surface area contributed by atoms with E-state index in [0.717, 1.165) is 22.3 Å². The lowest BCUT2D eigenvalue weighted by Crippen LogP contribution is -2.11. The molecular weight excluding hydrogens is 432 g/mol. The molecule has 0 aliphatic rings. The molecule has 0 radical (unpaired) electrons. The number of nitrogens with two attached hydrogens (primary N) is 1. The van der Waals surface area contributed by atoms with E-state index in [2.05, 4.69) is 0 Å². The molecule has 1 amide bonds. The van der Waals surface area contributed by atoms with E-state index in [1.54, 1.807) is 24.3 Å². The number of hydrogen-bond acceptors (Lipinski definition) is 4. The largest absolute Gasteiger partial charge is 0.511 e. The predicted molar refractivity (Wildman–Crippen MR) is 129 cm³/mol. The van der Waals surface area contributed by atoms with Gasteiger partial charge in [0.15, 0.2) is 0 Å². The Morgan fingerprint density at radius 1 is 0.794 bits per heavy atom. The number of ether oxygens (including phenoxy) is 2. The quantitative estimate of drug-likeness (QED) is 0.251. The molecule has 0 aliphatic carbocycles. The number of benzene rings is 4. The lowest BCUT2D eigenvalue weighted by molar-refractivity contribution is 0.100. The van der Waals surface area contributed by atoms with Crippen molar-refractivity contribution in [3.05, 3.63) is 102 Å². The van der Waals surface area contributed by atoms with E-state index in [-0.39, 0.29) is 5.75 Å². The van der Waals surface area contributed by atoms with E-state index >= 15 is 0 Å². The number of carbonyl (C=O) groups excluding carboxylic acids is 1. The van der Waals surface area contributed by atoms with Gasteiger partial charge in [0, 0.05) is 17.5 Å². The summed E-state index contributed by atoms with van der Waals surface area (Å²) in [6.45, 7) is 0.449. The van der Waals surface area contributed by atoms with Gasteiger partial charge in [-0.1, -0.05) is 42.5 Å². The standard InChI is InChI=1S/C27H20N2O5/c28-26(30)20-11-5-12-21-24(20)25-22(13-6-14-23(25)34-27(31)32)29(21)16-17-7-4-10-19(15-17)33-18-8-2-1-3-9-18/h1-15H,16H2,(H2,28,30)(H,31,32). The van der Waals surface area contributed by atoms with Crippen LogP contribution in [0.4, 0.5) is 4.79 Å². The van der Waals surface area contributed by atoms with Crippen LogP contribution in [-0.2, 0) is 6.54 Å². The summed E-state index contributed by atoms with van der Waals surface area (Å²) in [7, 11) is 0. The minimum atomic E-state index is -1.43. The molecule has 168 valence electrons. The molecule has 0 aliphatic heterocycles. The molecule has 4 aromatic carbocycles. The zero-order chi connectivity index (χ0) is 23.7. The van der Waals surface area contributed by atoms with Gasteiger partial charge in [0.1, 0.15) is 17.2 Å². The van der Waals surface area contributed by atoms with Crippen LogP contribution in [0, 0.1) is 0 Å². The van der Waals surface area contributed by atoms with E-state index in [9.17, 15) is 14.7 Å². The number of para-hydroxylation sites is 1. The molecule has 0 atom stereocenters. The Morgan fingerprint density at radius 3 is 2.21 bits per heavy atom. The van der Waals surface area contributed by atoms with Gasteiger partial charge >= 0.3 is 6.16 Å². The van der Waals surface area contributed by atoms with Crippen molar-refractivity contribution in [1.82, 2.24) is 4.57 Å². The van der Waals surface area contributed by atoms with Crippen molar-refractivity contribution >= 4 is 33.9 Å². The van der Waals surface area contributed by atoms with Crippen molar-refractivity contribution in [2.24, 2.45) is 5.73 Å². The second kappa shape index (κ2) is 8.63. The summed E-state index contributed by atoms with van der Waals surface area (Å²) in [4.78, 5) is 23.5. The number of primary amides is 1. The van der Waals surface area contributed by atoms with Gasteiger partial charge in [-0.15, -0.1) is 0 Å². The van der Waals surface area contributed by atoms with Crippen molar-refractivity contribution in [3.63, 3.8) is 0 Å². The Bertz CT molecular complexity index is 1540. The Balaban J connectivity index is 1.65. The average molecular weight is 452 g/mol. The summed E-state index contributed by atoms with van der Waals surface area (Å²) in [6, 6.07) is 27.6. The highest BCUT2D eigenvalue weighted by atomic mass is 16.7. The number of carbonyl (C=O) groups is 2. The van der Waals surface area contributed by atoms with E-state index in [4.69, 9.17) is 15.2 Å². The van der Waals surface area contributed by atoms with E-state index in [0.29, 0.717) is 28.6 Å². The fraction of sp³-hybridized carbons (Fsp3) is 0.0370. The predicted octanol–water partition coefficient (Wildman–Crippen LogP) is 5.79. The molecule has 5 rings (SSSR count). The van der Waals surface area contributed by atoms with E-state index < -0.39 is 12.1 Å². The van der Waals surface area contributed by atoms with Gasteiger partial charge in [0.2, 0.25) is 5.91 Å². The summed E-state index contributed by atoms with van der Waals surface area (Å²) >= 11 is 0. The van der Waals surface area contributed by atoms with Crippen molar-refractivity contribution < 1.29 is 24.2 Å². The lowest BCUT2D eigenvalue weighted by Gasteiger charge is -2.11. The summed E-state index contributed by atoms with van der Waals surface area (Å²) < 4.78 is 13.0. The number of aromatic nitrogens is 1. The number of carboxylic acid groups (broad SMARTS) is 1. The fourth-order valence-corrected chi connectivity index (χ4v) is 4.22. The van der Waals surface area contributed by atoms with Crippen LogP contribution < -0.4 is 15.2 Å². The molecule has 34 heavy (non-hydrogen) atoms. The van der Waals surface area contributed by atoms with Crippen molar-refractivity contribution in [2.75, 3.05) is 0 Å².